The van der Waals surface area contributed by atoms with Crippen LogP contribution in [0.25, 0.3) is 0 Å². The number of benzene rings is 2. The quantitative estimate of drug-likeness (QED) is 0.323. The second kappa shape index (κ2) is 9.64. The number of hydrogen-bond donors (Lipinski definition) is 1. The summed E-state index contributed by atoms with van der Waals surface area (Å²) < 4.78 is 30.9. The summed E-state index contributed by atoms with van der Waals surface area (Å²) in [6.45, 7) is 3.97. The van der Waals surface area contributed by atoms with Crippen LogP contribution in [0.1, 0.15) is 23.7 Å². The Morgan fingerprint density at radius 1 is 1.20 bits per heavy atom. The van der Waals surface area contributed by atoms with Crippen molar-refractivity contribution in [2.45, 2.75) is 30.1 Å². The van der Waals surface area contributed by atoms with E-state index in [-0.39, 0.29) is 22.2 Å². The van der Waals surface area contributed by atoms with Gasteiger partial charge in [-0.2, -0.15) is 5.10 Å². The molecule has 0 fully saturated rings. The standard InChI is InChI=1S/C21H21N3O4S2/c1-3-28-20(25)12-17-14-29-21(23-17)24-22-13-16-6-4-5-7-19(16)30(26,27)18-10-8-15(2)9-11-18/h4-11,13-14H,3,12H2,1-2H3,(H,23,24). The molecule has 0 spiro atoms. The molecule has 0 bridgehead atoms. The first kappa shape index (κ1) is 21.7. The predicted octanol–water partition coefficient (Wildman–Crippen LogP) is 3.84. The van der Waals surface area contributed by atoms with E-state index < -0.39 is 9.84 Å². The number of sulfone groups is 1. The largest absolute Gasteiger partial charge is 0.466 e. The summed E-state index contributed by atoms with van der Waals surface area (Å²) in [4.78, 5) is 16.2. The molecule has 3 rings (SSSR count). The Hall–Kier alpha value is -3.04. The summed E-state index contributed by atoms with van der Waals surface area (Å²) in [5.41, 5.74) is 4.79. The Morgan fingerprint density at radius 3 is 2.67 bits per heavy atom. The minimum absolute atomic E-state index is 0.0906. The molecule has 0 aliphatic rings. The van der Waals surface area contributed by atoms with Gasteiger partial charge in [0.05, 0.1) is 34.7 Å². The smallest absolute Gasteiger partial charge is 0.311 e. The summed E-state index contributed by atoms with van der Waals surface area (Å²) in [5.74, 6) is -0.340. The molecule has 156 valence electrons. The number of aryl methyl sites for hydroxylation is 1. The van der Waals surface area contributed by atoms with Crippen LogP contribution in [0.2, 0.25) is 0 Å². The lowest BCUT2D eigenvalue weighted by molar-refractivity contribution is -0.142. The Morgan fingerprint density at radius 2 is 1.93 bits per heavy atom. The number of aromatic nitrogens is 1. The van der Waals surface area contributed by atoms with Crippen molar-refractivity contribution in [3.05, 3.63) is 70.7 Å². The lowest BCUT2D eigenvalue weighted by atomic mass is 10.2. The molecule has 1 heterocycles. The molecule has 0 aliphatic heterocycles. The third kappa shape index (κ3) is 5.31. The van der Waals surface area contributed by atoms with Gasteiger partial charge in [-0.15, -0.1) is 11.3 Å². The molecule has 30 heavy (non-hydrogen) atoms. The number of hydrogen-bond acceptors (Lipinski definition) is 8. The second-order valence-electron chi connectivity index (χ2n) is 6.35. The van der Waals surface area contributed by atoms with Crippen LogP contribution in [0.15, 0.2) is 68.8 Å². The normalized spacial score (nSPS) is 11.5. The van der Waals surface area contributed by atoms with Crippen LogP contribution < -0.4 is 5.43 Å². The van der Waals surface area contributed by atoms with E-state index >= 15 is 0 Å². The van der Waals surface area contributed by atoms with Crippen LogP contribution >= 0.6 is 11.3 Å². The lowest BCUT2D eigenvalue weighted by Gasteiger charge is -2.08. The Labute approximate surface area is 179 Å². The van der Waals surface area contributed by atoms with E-state index in [1.807, 2.05) is 6.92 Å². The van der Waals surface area contributed by atoms with Crippen molar-refractivity contribution < 1.29 is 17.9 Å². The molecule has 0 unspecified atom stereocenters. The van der Waals surface area contributed by atoms with Crippen LogP contribution in [0, 0.1) is 6.92 Å². The van der Waals surface area contributed by atoms with Crippen molar-refractivity contribution in [2.75, 3.05) is 12.0 Å². The van der Waals surface area contributed by atoms with Crippen LogP contribution in [0.4, 0.5) is 5.13 Å². The van der Waals surface area contributed by atoms with Gasteiger partial charge >= 0.3 is 5.97 Å². The molecule has 0 atom stereocenters. The highest BCUT2D eigenvalue weighted by atomic mass is 32.2. The monoisotopic (exact) mass is 443 g/mol. The minimum atomic E-state index is -3.68. The number of carbonyl (C=O) groups is 1. The number of thiazole rings is 1. The van der Waals surface area contributed by atoms with Gasteiger partial charge in [-0.1, -0.05) is 35.9 Å². The third-order valence-electron chi connectivity index (χ3n) is 4.09. The van der Waals surface area contributed by atoms with Crippen LogP contribution in [0.3, 0.4) is 0 Å². The first-order valence-electron chi connectivity index (χ1n) is 9.20. The maximum Gasteiger partial charge on any atom is 0.311 e. The highest BCUT2D eigenvalue weighted by molar-refractivity contribution is 7.91. The SMILES string of the molecule is CCOC(=O)Cc1csc(NN=Cc2ccccc2S(=O)(=O)c2ccc(C)cc2)n1. The number of nitrogens with one attached hydrogen (secondary N) is 1. The number of rotatable bonds is 8. The number of hydrazone groups is 1. The summed E-state index contributed by atoms with van der Waals surface area (Å²) >= 11 is 1.29. The van der Waals surface area contributed by atoms with Crippen LogP contribution in [-0.2, 0) is 25.8 Å². The highest BCUT2D eigenvalue weighted by Crippen LogP contribution is 2.24. The second-order valence-corrected chi connectivity index (χ2v) is 9.13. The Bertz CT molecular complexity index is 1150. The zero-order valence-corrected chi connectivity index (χ0v) is 18.2. The van der Waals surface area contributed by atoms with Crippen LogP contribution in [-0.4, -0.2) is 32.2 Å². The van der Waals surface area contributed by atoms with Crippen molar-refractivity contribution in [3.8, 4) is 0 Å². The topological polar surface area (TPSA) is 97.7 Å². The van der Waals surface area contributed by atoms with Crippen molar-refractivity contribution in [3.63, 3.8) is 0 Å². The number of esters is 1. The predicted molar refractivity (Wildman–Crippen MR) is 117 cm³/mol. The van der Waals surface area contributed by atoms with Crippen molar-refractivity contribution in [1.29, 1.82) is 0 Å². The third-order valence-corrected chi connectivity index (χ3v) is 6.73. The maximum atomic E-state index is 13.0. The van der Waals surface area contributed by atoms with Gasteiger partial charge in [0.2, 0.25) is 15.0 Å². The molecule has 0 aliphatic carbocycles. The average molecular weight is 444 g/mol. The molecule has 7 nitrogen and oxygen atoms in total. The van der Waals surface area contributed by atoms with Crippen molar-refractivity contribution in [2.24, 2.45) is 5.10 Å². The van der Waals surface area contributed by atoms with Gasteiger partial charge in [0.1, 0.15) is 0 Å². The fourth-order valence-corrected chi connectivity index (χ4v) is 4.73. The molecule has 0 radical (unpaired) electrons. The van der Waals surface area contributed by atoms with Gasteiger partial charge in [-0.05, 0) is 32.0 Å². The molecule has 1 N–H and O–H groups in total. The van der Waals surface area contributed by atoms with E-state index in [2.05, 4.69) is 15.5 Å². The van der Waals surface area contributed by atoms with E-state index in [1.165, 1.54) is 17.6 Å². The minimum Gasteiger partial charge on any atom is -0.466 e. The van der Waals surface area contributed by atoms with Gasteiger partial charge < -0.3 is 4.74 Å². The molecular weight excluding hydrogens is 422 g/mol. The zero-order valence-electron chi connectivity index (χ0n) is 16.5. The lowest BCUT2D eigenvalue weighted by Crippen LogP contribution is -2.07. The van der Waals surface area contributed by atoms with E-state index in [9.17, 15) is 13.2 Å². The molecular formula is C21H21N3O4S2. The fourth-order valence-electron chi connectivity index (χ4n) is 2.63. The average Bonchev–Trinajstić information content (AvgIpc) is 3.16. The number of anilines is 1. The molecule has 0 saturated heterocycles. The highest BCUT2D eigenvalue weighted by Gasteiger charge is 2.20. The molecule has 9 heteroatoms. The van der Waals surface area contributed by atoms with Gasteiger partial charge in [0.15, 0.2) is 0 Å². The Balaban J connectivity index is 1.75. The number of nitrogens with zero attached hydrogens (tertiary/aromatic N) is 2. The van der Waals surface area contributed by atoms with Gasteiger partial charge in [0.25, 0.3) is 0 Å². The van der Waals surface area contributed by atoms with Gasteiger partial charge in [0, 0.05) is 10.9 Å². The molecule has 0 saturated carbocycles. The number of ether oxygens (including phenoxy) is 1. The summed E-state index contributed by atoms with van der Waals surface area (Å²) in [6, 6.07) is 13.4. The van der Waals surface area contributed by atoms with Crippen LogP contribution in [0.5, 0.6) is 0 Å². The maximum absolute atomic E-state index is 13.0. The number of carbonyl (C=O) groups excluding carboxylic acids is 1. The summed E-state index contributed by atoms with van der Waals surface area (Å²) in [6.07, 6.45) is 1.53. The first-order valence-corrected chi connectivity index (χ1v) is 11.6. The summed E-state index contributed by atoms with van der Waals surface area (Å²) in [5, 5.41) is 6.35. The molecule has 3 aromatic rings. The van der Waals surface area contributed by atoms with Gasteiger partial charge in [-0.25, -0.2) is 13.4 Å². The zero-order chi connectivity index (χ0) is 21.6. The van der Waals surface area contributed by atoms with E-state index in [4.69, 9.17) is 4.74 Å². The first-order chi connectivity index (χ1) is 14.4. The van der Waals surface area contributed by atoms with E-state index in [0.29, 0.717) is 23.0 Å². The van der Waals surface area contributed by atoms with E-state index in [0.717, 1.165) is 5.56 Å². The fraction of sp³-hybridized carbons (Fsp3) is 0.190. The molecule has 1 aromatic heterocycles. The summed E-state index contributed by atoms with van der Waals surface area (Å²) in [7, 11) is -3.68. The van der Waals surface area contributed by atoms with Crippen molar-refractivity contribution in [1.82, 2.24) is 4.98 Å². The van der Waals surface area contributed by atoms with Gasteiger partial charge in [-0.3, -0.25) is 10.2 Å². The molecule has 2 aromatic carbocycles. The van der Waals surface area contributed by atoms with E-state index in [1.54, 1.807) is 60.8 Å². The van der Waals surface area contributed by atoms with Crippen molar-refractivity contribution >= 4 is 38.5 Å². The molecule has 0 amide bonds. The Kier molecular flexibility index (Phi) is 6.96.